The van der Waals surface area contributed by atoms with E-state index >= 15 is 0 Å². The highest BCUT2D eigenvalue weighted by Gasteiger charge is 2.33. The molecule has 1 unspecified atom stereocenters. The van der Waals surface area contributed by atoms with E-state index in [9.17, 15) is 5.26 Å². The van der Waals surface area contributed by atoms with Gasteiger partial charge in [0, 0.05) is 12.6 Å². The number of hydrogen-bond acceptors (Lipinski definition) is 3. The third-order valence-electron chi connectivity index (χ3n) is 4.48. The number of nitrogens with zero attached hydrogens (tertiary/aromatic N) is 2. The first-order valence-corrected chi connectivity index (χ1v) is 7.34. The molecule has 0 bridgehead atoms. The second kappa shape index (κ2) is 5.19. The molecular weight excluding hydrogens is 222 g/mol. The van der Waals surface area contributed by atoms with Crippen molar-refractivity contribution in [2.75, 3.05) is 19.6 Å². The molecule has 2 fully saturated rings. The first-order chi connectivity index (χ1) is 8.42. The highest BCUT2D eigenvalue weighted by molar-refractivity contribution is 5.07. The summed E-state index contributed by atoms with van der Waals surface area (Å²) in [6.45, 7) is 10.2. The fourth-order valence-corrected chi connectivity index (χ4v) is 2.60. The third-order valence-corrected chi connectivity index (χ3v) is 4.48. The van der Waals surface area contributed by atoms with E-state index < -0.39 is 0 Å². The largest absolute Gasteiger partial charge is 0.303 e. The summed E-state index contributed by atoms with van der Waals surface area (Å²) in [4.78, 5) is 2.52. The van der Waals surface area contributed by atoms with Gasteiger partial charge in [-0.15, -0.1) is 0 Å². The molecule has 0 spiro atoms. The molecule has 1 saturated heterocycles. The monoisotopic (exact) mass is 249 g/mol. The zero-order valence-electron chi connectivity index (χ0n) is 12.1. The molecular formula is C15H27N3. The minimum absolute atomic E-state index is 0.325. The van der Waals surface area contributed by atoms with Crippen LogP contribution in [0.4, 0.5) is 0 Å². The lowest BCUT2D eigenvalue weighted by molar-refractivity contribution is 0.125. The van der Waals surface area contributed by atoms with Crippen molar-refractivity contribution in [3.63, 3.8) is 0 Å². The summed E-state index contributed by atoms with van der Waals surface area (Å²) in [5, 5.41) is 12.8. The Bertz CT molecular complexity index is 317. The number of nitrogens with one attached hydrogen (secondary N) is 1. The molecule has 2 rings (SSSR count). The molecule has 0 amide bonds. The molecule has 3 heteroatoms. The van der Waals surface area contributed by atoms with Gasteiger partial charge in [-0.25, -0.2) is 0 Å². The highest BCUT2D eigenvalue weighted by Crippen LogP contribution is 2.30. The van der Waals surface area contributed by atoms with Gasteiger partial charge < -0.3 is 4.90 Å². The van der Waals surface area contributed by atoms with Crippen LogP contribution in [0.15, 0.2) is 0 Å². The van der Waals surface area contributed by atoms with Crippen LogP contribution in [0.3, 0.4) is 0 Å². The van der Waals surface area contributed by atoms with Gasteiger partial charge in [-0.3, -0.25) is 5.32 Å². The number of hydrogen-bond donors (Lipinski definition) is 1. The molecule has 1 atom stereocenters. The van der Waals surface area contributed by atoms with Crippen molar-refractivity contribution >= 4 is 0 Å². The lowest BCUT2D eigenvalue weighted by Crippen LogP contribution is -2.46. The van der Waals surface area contributed by atoms with Crippen molar-refractivity contribution in [2.45, 2.75) is 64.5 Å². The smallest absolute Gasteiger partial charge is 0.105 e. The molecule has 0 aromatic heterocycles. The highest BCUT2D eigenvalue weighted by atomic mass is 15.1. The molecule has 1 heterocycles. The molecule has 1 N–H and O–H groups in total. The van der Waals surface area contributed by atoms with Gasteiger partial charge >= 0.3 is 0 Å². The van der Waals surface area contributed by atoms with Crippen LogP contribution in [0, 0.1) is 16.7 Å². The second-order valence-electron chi connectivity index (χ2n) is 7.12. The molecule has 1 aliphatic heterocycles. The van der Waals surface area contributed by atoms with Gasteiger partial charge in [0.1, 0.15) is 5.54 Å². The van der Waals surface area contributed by atoms with Crippen LogP contribution in [0.2, 0.25) is 0 Å². The summed E-state index contributed by atoms with van der Waals surface area (Å²) < 4.78 is 0. The van der Waals surface area contributed by atoms with Crippen LogP contribution in [-0.4, -0.2) is 36.1 Å². The number of piperidine rings is 1. The predicted octanol–water partition coefficient (Wildman–Crippen LogP) is 2.53. The van der Waals surface area contributed by atoms with Gasteiger partial charge in [-0.2, -0.15) is 5.26 Å². The summed E-state index contributed by atoms with van der Waals surface area (Å²) in [6, 6.07) is 3.07. The normalized spacial score (nSPS) is 27.4. The minimum Gasteiger partial charge on any atom is -0.303 e. The maximum Gasteiger partial charge on any atom is 0.105 e. The molecule has 3 nitrogen and oxygen atoms in total. The summed E-state index contributed by atoms with van der Waals surface area (Å²) in [7, 11) is 0. The van der Waals surface area contributed by atoms with Crippen LogP contribution in [-0.2, 0) is 0 Å². The molecule has 0 aromatic rings. The zero-order chi connectivity index (χ0) is 13.2. The lowest BCUT2D eigenvalue weighted by Gasteiger charge is -2.38. The average Bonchev–Trinajstić information content (AvgIpc) is 3.11. The van der Waals surface area contributed by atoms with Crippen LogP contribution in [0.5, 0.6) is 0 Å². The molecule has 18 heavy (non-hydrogen) atoms. The molecule has 102 valence electrons. The van der Waals surface area contributed by atoms with Crippen molar-refractivity contribution in [3.8, 4) is 6.07 Å². The second-order valence-corrected chi connectivity index (χ2v) is 7.12. The summed E-state index contributed by atoms with van der Waals surface area (Å²) in [5.41, 5.74) is 0.190. The Labute approximate surface area is 112 Å². The third kappa shape index (κ3) is 3.96. The Morgan fingerprint density at radius 3 is 2.44 bits per heavy atom. The molecule has 1 saturated carbocycles. The summed E-state index contributed by atoms with van der Waals surface area (Å²) in [5.74, 6) is 0. The predicted molar refractivity (Wildman–Crippen MR) is 74.2 cm³/mol. The Kier molecular flexibility index (Phi) is 3.99. The van der Waals surface area contributed by atoms with Gasteiger partial charge in [-0.1, -0.05) is 13.8 Å². The van der Waals surface area contributed by atoms with Crippen LogP contribution in [0.25, 0.3) is 0 Å². The van der Waals surface area contributed by atoms with Gasteiger partial charge in [0.05, 0.1) is 6.07 Å². The first kappa shape index (κ1) is 13.8. The van der Waals surface area contributed by atoms with Crippen LogP contribution < -0.4 is 5.32 Å². The molecule has 1 aliphatic carbocycles. The van der Waals surface area contributed by atoms with E-state index in [0.29, 0.717) is 11.5 Å². The van der Waals surface area contributed by atoms with Crippen LogP contribution in [0.1, 0.15) is 52.9 Å². The van der Waals surface area contributed by atoms with Crippen molar-refractivity contribution in [3.05, 3.63) is 0 Å². The van der Waals surface area contributed by atoms with E-state index in [1.165, 1.54) is 38.8 Å². The first-order valence-electron chi connectivity index (χ1n) is 7.34. The SMILES string of the molecule is CC1(C)CCN(CCC(C)(C#N)NC2CC2)CC1. The maximum absolute atomic E-state index is 9.34. The fourth-order valence-electron chi connectivity index (χ4n) is 2.60. The molecule has 0 radical (unpaired) electrons. The van der Waals surface area contributed by atoms with E-state index in [1.54, 1.807) is 0 Å². The quantitative estimate of drug-likeness (QED) is 0.814. The van der Waals surface area contributed by atoms with Crippen molar-refractivity contribution < 1.29 is 0 Å². The van der Waals surface area contributed by atoms with Gasteiger partial charge in [0.25, 0.3) is 0 Å². The molecule has 0 aromatic carbocycles. The van der Waals surface area contributed by atoms with Crippen molar-refractivity contribution in [1.29, 1.82) is 5.26 Å². The Morgan fingerprint density at radius 1 is 1.33 bits per heavy atom. The number of rotatable bonds is 5. The maximum atomic E-state index is 9.34. The van der Waals surface area contributed by atoms with Gasteiger partial charge in [0.2, 0.25) is 0 Å². The van der Waals surface area contributed by atoms with E-state index in [4.69, 9.17) is 0 Å². The van der Waals surface area contributed by atoms with Crippen molar-refractivity contribution in [1.82, 2.24) is 10.2 Å². The topological polar surface area (TPSA) is 39.1 Å². The van der Waals surface area contributed by atoms with E-state index in [2.05, 4.69) is 37.1 Å². The standard InChI is InChI=1S/C15H27N3/c1-14(2)6-9-18(10-7-14)11-8-15(3,12-16)17-13-4-5-13/h13,17H,4-11H2,1-3H3. The summed E-state index contributed by atoms with van der Waals surface area (Å²) >= 11 is 0. The Balaban J connectivity index is 1.75. The number of nitriles is 1. The van der Waals surface area contributed by atoms with Gasteiger partial charge in [0.15, 0.2) is 0 Å². The number of likely N-dealkylation sites (tertiary alicyclic amines) is 1. The fraction of sp³-hybridized carbons (Fsp3) is 0.933. The van der Waals surface area contributed by atoms with Crippen LogP contribution >= 0.6 is 0 Å². The lowest BCUT2D eigenvalue weighted by atomic mass is 9.82. The van der Waals surface area contributed by atoms with Crippen molar-refractivity contribution in [2.24, 2.45) is 5.41 Å². The average molecular weight is 249 g/mol. The molecule has 2 aliphatic rings. The summed E-state index contributed by atoms with van der Waals surface area (Å²) in [6.07, 6.45) is 6.00. The zero-order valence-corrected chi connectivity index (χ0v) is 12.1. The minimum atomic E-state index is -0.325. The Hall–Kier alpha value is -0.590. The van der Waals surface area contributed by atoms with Gasteiger partial charge in [-0.05, 0) is 57.5 Å². The van der Waals surface area contributed by atoms with E-state index in [1.807, 2.05) is 0 Å². The van der Waals surface area contributed by atoms with E-state index in [0.717, 1.165) is 13.0 Å². The Morgan fingerprint density at radius 2 is 1.94 bits per heavy atom. The van der Waals surface area contributed by atoms with E-state index in [-0.39, 0.29) is 5.54 Å².